The number of fused-ring (bicyclic) bond motifs is 2. The Morgan fingerprint density at radius 2 is 2.24 bits per heavy atom. The third-order valence-corrected chi connectivity index (χ3v) is 6.24. The maximum absolute atomic E-state index is 6.01. The van der Waals surface area contributed by atoms with Crippen molar-refractivity contribution in [2.24, 2.45) is 0 Å². The van der Waals surface area contributed by atoms with E-state index in [0.717, 1.165) is 26.2 Å². The molecule has 0 saturated carbocycles. The third-order valence-electron chi connectivity index (χ3n) is 4.92. The van der Waals surface area contributed by atoms with Gasteiger partial charge < -0.3 is 10.1 Å². The molecule has 3 heterocycles. The molecule has 3 unspecified atom stereocenters. The maximum Gasteiger partial charge on any atom is 0.0827 e. The van der Waals surface area contributed by atoms with E-state index in [9.17, 15) is 0 Å². The number of nitrogens with zero attached hydrogens (tertiary/aromatic N) is 1. The summed E-state index contributed by atoms with van der Waals surface area (Å²) in [6.45, 7) is 5.42. The van der Waals surface area contributed by atoms with Crippen LogP contribution < -0.4 is 5.32 Å². The predicted octanol–water partition coefficient (Wildman–Crippen LogP) is 2.16. The molecule has 0 amide bonds. The highest BCUT2D eigenvalue weighted by Crippen LogP contribution is 2.36. The van der Waals surface area contributed by atoms with Gasteiger partial charge in [0, 0.05) is 35.8 Å². The summed E-state index contributed by atoms with van der Waals surface area (Å²) in [4.78, 5) is 4.09. The van der Waals surface area contributed by atoms with Gasteiger partial charge in [-0.25, -0.2) is 0 Å². The lowest BCUT2D eigenvalue weighted by Gasteiger charge is -2.35. The van der Waals surface area contributed by atoms with Crippen LogP contribution in [0.15, 0.2) is 29.2 Å². The van der Waals surface area contributed by atoms with Crippen LogP contribution in [0.2, 0.25) is 0 Å². The van der Waals surface area contributed by atoms with E-state index in [4.69, 9.17) is 4.74 Å². The Morgan fingerprint density at radius 3 is 3.19 bits per heavy atom. The molecule has 21 heavy (non-hydrogen) atoms. The predicted molar refractivity (Wildman–Crippen MR) is 87.0 cm³/mol. The fourth-order valence-electron chi connectivity index (χ4n) is 3.78. The molecule has 1 N–H and O–H groups in total. The minimum Gasteiger partial charge on any atom is -0.374 e. The zero-order valence-corrected chi connectivity index (χ0v) is 13.3. The van der Waals surface area contributed by atoms with Gasteiger partial charge in [0.1, 0.15) is 0 Å². The van der Waals surface area contributed by atoms with Gasteiger partial charge in [-0.15, -0.1) is 11.8 Å². The molecule has 0 bridgehead atoms. The lowest BCUT2D eigenvalue weighted by Crippen LogP contribution is -2.49. The van der Waals surface area contributed by atoms with Gasteiger partial charge in [0.15, 0.2) is 0 Å². The summed E-state index contributed by atoms with van der Waals surface area (Å²) in [5.74, 6) is 0. The molecule has 2 fully saturated rings. The number of nitrogens with one attached hydrogen (secondary N) is 1. The van der Waals surface area contributed by atoms with Gasteiger partial charge in [0.25, 0.3) is 0 Å². The standard InChI is InChI=1S/C17H24N2OS/c1-2-6-17-13(4-1)8-16(21-17)10-18-9-15-11-19-7-3-5-14(19)12-20-15/h1-2,4,6,14-16,18H,3,5,7-12H2. The molecule has 0 spiro atoms. The third kappa shape index (κ3) is 3.14. The molecule has 114 valence electrons. The first kappa shape index (κ1) is 14.1. The summed E-state index contributed by atoms with van der Waals surface area (Å²) < 4.78 is 6.01. The van der Waals surface area contributed by atoms with Crippen molar-refractivity contribution in [3.8, 4) is 0 Å². The minimum absolute atomic E-state index is 0.383. The quantitative estimate of drug-likeness (QED) is 0.921. The molecule has 2 saturated heterocycles. The van der Waals surface area contributed by atoms with Gasteiger partial charge in [0.2, 0.25) is 0 Å². The zero-order chi connectivity index (χ0) is 14.1. The molecule has 0 aliphatic carbocycles. The van der Waals surface area contributed by atoms with E-state index in [1.54, 1.807) is 0 Å². The van der Waals surface area contributed by atoms with Crippen molar-refractivity contribution in [3.63, 3.8) is 0 Å². The molecule has 0 radical (unpaired) electrons. The number of ether oxygens (including phenoxy) is 1. The van der Waals surface area contributed by atoms with E-state index < -0.39 is 0 Å². The lowest BCUT2D eigenvalue weighted by molar-refractivity contribution is -0.0468. The van der Waals surface area contributed by atoms with Gasteiger partial charge >= 0.3 is 0 Å². The SMILES string of the molecule is c1ccc2c(c1)CC(CNCC1CN3CCCC3CO1)S2. The summed E-state index contributed by atoms with van der Waals surface area (Å²) in [6, 6.07) is 9.51. The summed E-state index contributed by atoms with van der Waals surface area (Å²) in [7, 11) is 0. The van der Waals surface area contributed by atoms with Crippen molar-refractivity contribution in [1.82, 2.24) is 10.2 Å². The van der Waals surface area contributed by atoms with Crippen molar-refractivity contribution >= 4 is 11.8 Å². The van der Waals surface area contributed by atoms with Crippen LogP contribution in [0.25, 0.3) is 0 Å². The highest BCUT2D eigenvalue weighted by molar-refractivity contribution is 8.00. The summed E-state index contributed by atoms with van der Waals surface area (Å²) >= 11 is 2.02. The fourth-order valence-corrected chi connectivity index (χ4v) is 5.07. The molecule has 3 nitrogen and oxygen atoms in total. The second kappa shape index (κ2) is 6.29. The molecule has 3 aliphatic heterocycles. The van der Waals surface area contributed by atoms with Crippen LogP contribution in [0.1, 0.15) is 18.4 Å². The topological polar surface area (TPSA) is 24.5 Å². The van der Waals surface area contributed by atoms with Crippen molar-refractivity contribution in [2.45, 2.75) is 41.6 Å². The van der Waals surface area contributed by atoms with Gasteiger partial charge in [-0.2, -0.15) is 0 Å². The Kier molecular flexibility index (Phi) is 4.21. The monoisotopic (exact) mass is 304 g/mol. The normalized spacial score (nSPS) is 32.1. The summed E-state index contributed by atoms with van der Waals surface area (Å²) in [6.07, 6.45) is 4.27. The highest BCUT2D eigenvalue weighted by atomic mass is 32.2. The second-order valence-electron chi connectivity index (χ2n) is 6.46. The largest absolute Gasteiger partial charge is 0.374 e. The van der Waals surface area contributed by atoms with E-state index in [-0.39, 0.29) is 0 Å². The molecule has 4 heteroatoms. The first-order chi connectivity index (χ1) is 10.4. The van der Waals surface area contributed by atoms with Crippen LogP contribution >= 0.6 is 11.8 Å². The van der Waals surface area contributed by atoms with Crippen molar-refractivity contribution in [1.29, 1.82) is 0 Å². The van der Waals surface area contributed by atoms with Crippen molar-refractivity contribution < 1.29 is 4.74 Å². The van der Waals surface area contributed by atoms with Crippen molar-refractivity contribution in [3.05, 3.63) is 29.8 Å². The highest BCUT2D eigenvalue weighted by Gasteiger charge is 2.32. The molecule has 3 atom stereocenters. The number of rotatable bonds is 4. The Morgan fingerprint density at radius 1 is 1.29 bits per heavy atom. The Labute approximate surface area is 131 Å². The molecule has 3 aliphatic rings. The van der Waals surface area contributed by atoms with E-state index >= 15 is 0 Å². The van der Waals surface area contributed by atoms with Gasteiger partial charge in [0.05, 0.1) is 12.7 Å². The molecule has 1 aromatic rings. The second-order valence-corrected chi connectivity index (χ2v) is 7.80. The van der Waals surface area contributed by atoms with Crippen LogP contribution in [-0.2, 0) is 11.2 Å². The van der Waals surface area contributed by atoms with Crippen LogP contribution in [-0.4, -0.2) is 55.1 Å². The summed E-state index contributed by atoms with van der Waals surface area (Å²) in [5.41, 5.74) is 1.52. The van der Waals surface area contributed by atoms with Crippen LogP contribution in [0.5, 0.6) is 0 Å². The Balaban J connectivity index is 1.21. The smallest absolute Gasteiger partial charge is 0.0827 e. The average Bonchev–Trinajstić information content (AvgIpc) is 3.12. The van der Waals surface area contributed by atoms with Crippen LogP contribution in [0.3, 0.4) is 0 Å². The van der Waals surface area contributed by atoms with Crippen LogP contribution in [0, 0.1) is 0 Å². The van der Waals surface area contributed by atoms with Crippen molar-refractivity contribution in [2.75, 3.05) is 32.8 Å². The maximum atomic E-state index is 6.01. The van der Waals surface area contributed by atoms with E-state index in [0.29, 0.717) is 17.4 Å². The first-order valence-electron chi connectivity index (χ1n) is 8.19. The molecule has 1 aromatic carbocycles. The number of thioether (sulfide) groups is 1. The van der Waals surface area contributed by atoms with Crippen LogP contribution in [0.4, 0.5) is 0 Å². The number of hydrogen-bond donors (Lipinski definition) is 1. The number of hydrogen-bond acceptors (Lipinski definition) is 4. The van der Waals surface area contributed by atoms with E-state index in [2.05, 4.69) is 34.5 Å². The first-order valence-corrected chi connectivity index (χ1v) is 9.07. The fraction of sp³-hybridized carbons (Fsp3) is 0.647. The Hall–Kier alpha value is -0.550. The molecule has 0 aromatic heterocycles. The summed E-state index contributed by atoms with van der Waals surface area (Å²) in [5, 5.41) is 4.32. The number of benzene rings is 1. The molecule has 4 rings (SSSR count). The average molecular weight is 304 g/mol. The Bertz CT molecular complexity index is 470. The molecular weight excluding hydrogens is 280 g/mol. The molecular formula is C17H24N2OS. The van der Waals surface area contributed by atoms with Gasteiger partial charge in [-0.05, 0) is 37.4 Å². The van der Waals surface area contributed by atoms with Gasteiger partial charge in [-0.3, -0.25) is 4.90 Å². The minimum atomic E-state index is 0.383. The lowest BCUT2D eigenvalue weighted by atomic mass is 10.1. The zero-order valence-electron chi connectivity index (χ0n) is 12.5. The number of morpholine rings is 1. The van der Waals surface area contributed by atoms with Gasteiger partial charge in [-0.1, -0.05) is 18.2 Å². The van der Waals surface area contributed by atoms with E-state index in [1.807, 2.05) is 11.8 Å². The van der Waals surface area contributed by atoms with E-state index in [1.165, 1.54) is 36.3 Å².